The van der Waals surface area contributed by atoms with Crippen LogP contribution in [0.1, 0.15) is 18.4 Å². The summed E-state index contributed by atoms with van der Waals surface area (Å²) in [4.78, 5) is 28.0. The molecule has 0 fully saturated rings. The van der Waals surface area contributed by atoms with Gasteiger partial charge in [-0.1, -0.05) is 0 Å². The number of hydrogen-bond donors (Lipinski definition) is 0. The average Bonchev–Trinajstić information content (AvgIpc) is 2.84. The van der Waals surface area contributed by atoms with E-state index in [0.29, 0.717) is 33.1 Å². The van der Waals surface area contributed by atoms with Crippen LogP contribution >= 0.6 is 11.3 Å². The highest BCUT2D eigenvalue weighted by Crippen LogP contribution is 2.28. The molecule has 0 saturated carbocycles. The maximum absolute atomic E-state index is 12.7. The Labute approximate surface area is 130 Å². The van der Waals surface area contributed by atoms with Crippen LogP contribution < -0.4 is 10.2 Å². The summed E-state index contributed by atoms with van der Waals surface area (Å²) in [6.45, 7) is 4.92. The maximum Gasteiger partial charge on any atom is 0.308 e. The van der Waals surface area contributed by atoms with Gasteiger partial charge in [0.05, 0.1) is 10.9 Å². The summed E-state index contributed by atoms with van der Waals surface area (Å²) >= 11 is 1.41. The lowest BCUT2D eigenvalue weighted by Gasteiger charge is -2.06. The molecule has 0 unspecified atom stereocenters. The fourth-order valence-electron chi connectivity index (χ4n) is 2.23. The van der Waals surface area contributed by atoms with Crippen molar-refractivity contribution in [2.75, 3.05) is 0 Å². The molecule has 2 aromatic heterocycles. The molecule has 0 aliphatic heterocycles. The number of fused-ring (bicyclic) bond motifs is 1. The van der Waals surface area contributed by atoms with Crippen molar-refractivity contribution in [3.63, 3.8) is 0 Å². The Balaban J connectivity index is 2.21. The molecule has 0 aliphatic rings. The molecule has 5 nitrogen and oxygen atoms in total. The Morgan fingerprint density at radius 1 is 1.32 bits per heavy atom. The Bertz CT molecular complexity index is 939. The maximum atomic E-state index is 12.7. The molecule has 0 spiro atoms. The van der Waals surface area contributed by atoms with Gasteiger partial charge in [0, 0.05) is 24.1 Å². The summed E-state index contributed by atoms with van der Waals surface area (Å²) in [6, 6.07) is 4.72. The van der Waals surface area contributed by atoms with Crippen molar-refractivity contribution in [1.82, 2.24) is 4.98 Å². The smallest absolute Gasteiger partial charge is 0.308 e. The zero-order valence-electron chi connectivity index (χ0n) is 12.3. The second-order valence-electron chi connectivity index (χ2n) is 4.91. The molecule has 0 amide bonds. The van der Waals surface area contributed by atoms with E-state index in [1.165, 1.54) is 18.3 Å². The molecule has 0 bridgehead atoms. The minimum Gasteiger partial charge on any atom is -0.460 e. The fraction of sp³-hybridized carbons (Fsp3) is 0.188. The van der Waals surface area contributed by atoms with E-state index in [9.17, 15) is 9.59 Å². The molecule has 0 radical (unpaired) electrons. The lowest BCUT2D eigenvalue weighted by Crippen LogP contribution is -2.08. The highest BCUT2D eigenvalue weighted by Gasteiger charge is 2.16. The van der Waals surface area contributed by atoms with Gasteiger partial charge in [0.2, 0.25) is 5.43 Å². The molecule has 22 heavy (non-hydrogen) atoms. The molecule has 0 saturated heterocycles. The van der Waals surface area contributed by atoms with Gasteiger partial charge < -0.3 is 9.15 Å². The highest BCUT2D eigenvalue weighted by atomic mass is 32.1. The second-order valence-corrected chi connectivity index (χ2v) is 5.77. The number of aryl methyl sites for hydroxylation is 2. The molecular weight excluding hydrogens is 302 g/mol. The topological polar surface area (TPSA) is 69.4 Å². The van der Waals surface area contributed by atoms with Crippen LogP contribution in [0.4, 0.5) is 0 Å². The van der Waals surface area contributed by atoms with E-state index in [4.69, 9.17) is 9.15 Å². The normalized spacial score (nSPS) is 10.9. The van der Waals surface area contributed by atoms with E-state index >= 15 is 0 Å². The molecular formula is C16H13NO4S. The molecule has 0 atom stereocenters. The summed E-state index contributed by atoms with van der Waals surface area (Å²) in [6.07, 6.45) is 0. The molecule has 3 rings (SSSR count). The number of nitrogens with zero attached hydrogens (tertiary/aromatic N) is 1. The van der Waals surface area contributed by atoms with E-state index in [0.717, 1.165) is 5.69 Å². The first kappa shape index (κ1) is 14.5. The van der Waals surface area contributed by atoms with Gasteiger partial charge in [-0.3, -0.25) is 9.59 Å². The van der Waals surface area contributed by atoms with Gasteiger partial charge in [0.1, 0.15) is 22.1 Å². The summed E-state index contributed by atoms with van der Waals surface area (Å²) in [7, 11) is 0. The van der Waals surface area contributed by atoms with Crippen LogP contribution in [0.25, 0.3) is 21.5 Å². The van der Waals surface area contributed by atoms with E-state index in [-0.39, 0.29) is 5.43 Å². The average molecular weight is 315 g/mol. The van der Waals surface area contributed by atoms with Crippen LogP contribution in [0.2, 0.25) is 0 Å². The SMILES string of the molecule is CC(=O)Oc1ccc2c(=O)c(-c3nc(C)cs3)c(C)oc2c1. The quantitative estimate of drug-likeness (QED) is 0.535. The first-order chi connectivity index (χ1) is 10.5. The summed E-state index contributed by atoms with van der Waals surface area (Å²) in [5.41, 5.74) is 1.59. The van der Waals surface area contributed by atoms with E-state index in [1.807, 2.05) is 12.3 Å². The molecule has 6 heteroatoms. The van der Waals surface area contributed by atoms with Gasteiger partial charge in [-0.25, -0.2) is 4.98 Å². The minimum atomic E-state index is -0.423. The predicted octanol–water partition coefficient (Wildman–Crippen LogP) is 3.46. The van der Waals surface area contributed by atoms with Crippen molar-refractivity contribution in [3.05, 3.63) is 45.3 Å². The van der Waals surface area contributed by atoms with Crippen molar-refractivity contribution < 1.29 is 13.9 Å². The Morgan fingerprint density at radius 2 is 2.09 bits per heavy atom. The largest absolute Gasteiger partial charge is 0.460 e. The Kier molecular flexibility index (Phi) is 3.54. The van der Waals surface area contributed by atoms with Crippen molar-refractivity contribution in [2.24, 2.45) is 0 Å². The number of ether oxygens (including phenoxy) is 1. The van der Waals surface area contributed by atoms with Gasteiger partial charge >= 0.3 is 5.97 Å². The van der Waals surface area contributed by atoms with Crippen LogP contribution in [0.5, 0.6) is 5.75 Å². The molecule has 0 aliphatic carbocycles. The molecule has 2 heterocycles. The highest BCUT2D eigenvalue weighted by molar-refractivity contribution is 7.13. The van der Waals surface area contributed by atoms with Gasteiger partial charge in [-0.2, -0.15) is 0 Å². The van der Waals surface area contributed by atoms with Crippen LogP contribution in [-0.4, -0.2) is 11.0 Å². The molecule has 112 valence electrons. The summed E-state index contributed by atoms with van der Waals surface area (Å²) < 4.78 is 10.7. The van der Waals surface area contributed by atoms with E-state index in [1.54, 1.807) is 25.1 Å². The third-order valence-electron chi connectivity index (χ3n) is 3.13. The zero-order chi connectivity index (χ0) is 15.9. The lowest BCUT2D eigenvalue weighted by atomic mass is 10.1. The molecule has 3 aromatic rings. The number of benzene rings is 1. The number of carbonyl (C=O) groups is 1. The van der Waals surface area contributed by atoms with Gasteiger partial charge in [0.15, 0.2) is 0 Å². The van der Waals surface area contributed by atoms with E-state index in [2.05, 4.69) is 4.98 Å². The minimum absolute atomic E-state index is 0.137. The fourth-order valence-corrected chi connectivity index (χ4v) is 3.12. The first-order valence-electron chi connectivity index (χ1n) is 6.64. The third-order valence-corrected chi connectivity index (χ3v) is 4.11. The Morgan fingerprint density at radius 3 is 2.73 bits per heavy atom. The Hall–Kier alpha value is -2.47. The number of aromatic nitrogens is 1. The van der Waals surface area contributed by atoms with Crippen molar-refractivity contribution in [3.8, 4) is 16.3 Å². The number of esters is 1. The predicted molar refractivity (Wildman–Crippen MR) is 84.4 cm³/mol. The summed E-state index contributed by atoms with van der Waals surface area (Å²) in [5.74, 6) is 0.417. The van der Waals surface area contributed by atoms with Crippen LogP contribution in [0.3, 0.4) is 0 Å². The van der Waals surface area contributed by atoms with Crippen LogP contribution in [0.15, 0.2) is 32.8 Å². The second kappa shape index (κ2) is 5.38. The molecule has 0 N–H and O–H groups in total. The van der Waals surface area contributed by atoms with Gasteiger partial charge in [-0.05, 0) is 26.0 Å². The lowest BCUT2D eigenvalue weighted by molar-refractivity contribution is -0.131. The third kappa shape index (κ3) is 2.53. The van der Waals surface area contributed by atoms with Gasteiger partial charge in [-0.15, -0.1) is 11.3 Å². The molecule has 1 aromatic carbocycles. The monoisotopic (exact) mass is 315 g/mol. The van der Waals surface area contributed by atoms with Gasteiger partial charge in [0.25, 0.3) is 0 Å². The van der Waals surface area contributed by atoms with Crippen LogP contribution in [0, 0.1) is 13.8 Å². The first-order valence-corrected chi connectivity index (χ1v) is 7.52. The zero-order valence-corrected chi connectivity index (χ0v) is 13.1. The number of rotatable bonds is 2. The standard InChI is InChI=1S/C16H13NO4S/c1-8-7-22-16(17-8)14-9(2)20-13-6-11(21-10(3)18)4-5-12(13)15(14)19/h4-7H,1-3H3. The van der Waals surface area contributed by atoms with Crippen LogP contribution in [-0.2, 0) is 4.79 Å². The summed E-state index contributed by atoms with van der Waals surface area (Å²) in [5, 5.41) is 2.97. The van der Waals surface area contributed by atoms with E-state index < -0.39 is 5.97 Å². The van der Waals surface area contributed by atoms with Crippen molar-refractivity contribution in [2.45, 2.75) is 20.8 Å². The van der Waals surface area contributed by atoms with Crippen molar-refractivity contribution in [1.29, 1.82) is 0 Å². The number of thiazole rings is 1. The van der Waals surface area contributed by atoms with Crippen molar-refractivity contribution >= 4 is 28.3 Å². The number of carbonyl (C=O) groups excluding carboxylic acids is 1. The number of hydrogen-bond acceptors (Lipinski definition) is 6.